The Morgan fingerprint density at radius 3 is 2.39 bits per heavy atom. The molecule has 0 unspecified atom stereocenters. The van der Waals surface area contributed by atoms with Crippen LogP contribution in [0.15, 0.2) is 71.1 Å². The zero-order valence-corrected chi connectivity index (χ0v) is 15.7. The van der Waals surface area contributed by atoms with Crippen molar-refractivity contribution in [2.45, 2.75) is 20.0 Å². The minimum absolute atomic E-state index is 0.0425. The van der Waals surface area contributed by atoms with Crippen LogP contribution in [0.25, 0.3) is 0 Å². The van der Waals surface area contributed by atoms with Crippen molar-refractivity contribution < 1.29 is 23.5 Å². The van der Waals surface area contributed by atoms with E-state index in [-0.39, 0.29) is 5.76 Å². The van der Waals surface area contributed by atoms with Gasteiger partial charge in [0.05, 0.1) is 12.3 Å². The second kappa shape index (κ2) is 8.90. The fourth-order valence-electron chi connectivity index (χ4n) is 2.66. The lowest BCUT2D eigenvalue weighted by molar-refractivity contribution is -0.125. The molecule has 1 N–H and O–H groups in total. The summed E-state index contributed by atoms with van der Waals surface area (Å²) in [6, 6.07) is 19.1. The lowest BCUT2D eigenvalue weighted by atomic mass is 10.1. The van der Waals surface area contributed by atoms with Gasteiger partial charge in [-0.2, -0.15) is 0 Å². The number of para-hydroxylation sites is 2. The second-order valence-corrected chi connectivity index (χ2v) is 6.02. The number of ether oxygens (including phenoxy) is 2. The van der Waals surface area contributed by atoms with Crippen molar-refractivity contribution in [3.8, 4) is 5.75 Å². The Hall–Kier alpha value is -3.54. The topological polar surface area (TPSA) is 77.8 Å². The molecule has 0 spiro atoms. The van der Waals surface area contributed by atoms with Gasteiger partial charge in [0.2, 0.25) is 11.9 Å². The number of amides is 1. The van der Waals surface area contributed by atoms with Crippen LogP contribution in [0.5, 0.6) is 5.75 Å². The molecule has 1 amide bonds. The fourth-order valence-corrected chi connectivity index (χ4v) is 2.66. The summed E-state index contributed by atoms with van der Waals surface area (Å²) in [5, 5.41) is 2.78. The van der Waals surface area contributed by atoms with Crippen LogP contribution < -0.4 is 10.1 Å². The Balaban J connectivity index is 1.85. The minimum atomic E-state index is -1.14. The molecule has 6 nitrogen and oxygen atoms in total. The van der Waals surface area contributed by atoms with E-state index >= 15 is 0 Å². The molecule has 0 saturated carbocycles. The Morgan fingerprint density at radius 2 is 1.71 bits per heavy atom. The van der Waals surface area contributed by atoms with Gasteiger partial charge >= 0.3 is 5.97 Å². The van der Waals surface area contributed by atoms with Gasteiger partial charge in [-0.15, -0.1) is 0 Å². The van der Waals surface area contributed by atoms with Crippen LogP contribution in [0.2, 0.25) is 0 Å². The molecular formula is C22H21NO5. The number of benzene rings is 2. The monoisotopic (exact) mass is 379 g/mol. The number of furan rings is 1. The van der Waals surface area contributed by atoms with E-state index in [1.165, 1.54) is 6.07 Å². The predicted molar refractivity (Wildman–Crippen MR) is 104 cm³/mol. The Labute approximate surface area is 163 Å². The van der Waals surface area contributed by atoms with Gasteiger partial charge in [-0.3, -0.25) is 4.79 Å². The molecular weight excluding hydrogens is 358 g/mol. The normalized spacial score (nSPS) is 11.5. The molecule has 144 valence electrons. The molecule has 0 fully saturated rings. The van der Waals surface area contributed by atoms with E-state index in [1.807, 2.05) is 19.1 Å². The van der Waals surface area contributed by atoms with Crippen LogP contribution in [0, 0.1) is 6.92 Å². The molecule has 3 aromatic rings. The second-order valence-electron chi connectivity index (χ2n) is 6.02. The third-order valence-corrected chi connectivity index (χ3v) is 3.95. The minimum Gasteiger partial charge on any atom is -0.492 e. The lowest BCUT2D eigenvalue weighted by Crippen LogP contribution is -2.26. The van der Waals surface area contributed by atoms with Gasteiger partial charge in [-0.25, -0.2) is 4.79 Å². The van der Waals surface area contributed by atoms with Crippen molar-refractivity contribution in [1.82, 2.24) is 0 Å². The molecule has 0 bridgehead atoms. The first-order valence-corrected chi connectivity index (χ1v) is 8.93. The third kappa shape index (κ3) is 4.59. The highest BCUT2D eigenvalue weighted by atomic mass is 16.6. The Kier molecular flexibility index (Phi) is 6.11. The van der Waals surface area contributed by atoms with Crippen LogP contribution in [0.1, 0.15) is 34.9 Å². The highest BCUT2D eigenvalue weighted by Gasteiger charge is 2.27. The molecule has 2 aromatic carbocycles. The van der Waals surface area contributed by atoms with Crippen LogP contribution in [0.4, 0.5) is 5.69 Å². The average molecular weight is 379 g/mol. The van der Waals surface area contributed by atoms with Gasteiger partial charge in [0, 0.05) is 5.56 Å². The van der Waals surface area contributed by atoms with Crippen molar-refractivity contribution in [3.63, 3.8) is 0 Å². The van der Waals surface area contributed by atoms with Crippen molar-refractivity contribution in [3.05, 3.63) is 83.8 Å². The molecule has 3 rings (SSSR count). The van der Waals surface area contributed by atoms with Gasteiger partial charge in [0.15, 0.2) is 0 Å². The highest BCUT2D eigenvalue weighted by Crippen LogP contribution is 2.27. The Morgan fingerprint density at radius 1 is 1.00 bits per heavy atom. The van der Waals surface area contributed by atoms with E-state index in [4.69, 9.17) is 13.9 Å². The Bertz CT molecular complexity index is 948. The van der Waals surface area contributed by atoms with E-state index in [0.717, 1.165) is 0 Å². The molecule has 1 atom stereocenters. The SMILES string of the molecule is CCOc1ccccc1NC(=O)[C@H](OC(=O)c1ccc(C)o1)c1ccccc1. The number of carbonyl (C=O) groups is 2. The summed E-state index contributed by atoms with van der Waals surface area (Å²) in [4.78, 5) is 25.4. The van der Waals surface area contributed by atoms with Gasteiger partial charge in [-0.05, 0) is 38.1 Å². The number of nitrogens with one attached hydrogen (secondary N) is 1. The van der Waals surface area contributed by atoms with Crippen molar-refractivity contribution in [2.75, 3.05) is 11.9 Å². The van der Waals surface area contributed by atoms with Crippen LogP contribution in [-0.4, -0.2) is 18.5 Å². The average Bonchev–Trinajstić information content (AvgIpc) is 3.15. The number of anilines is 1. The molecule has 0 aliphatic rings. The molecule has 0 aliphatic heterocycles. The molecule has 0 radical (unpaired) electrons. The number of carbonyl (C=O) groups excluding carboxylic acids is 2. The zero-order chi connectivity index (χ0) is 19.9. The summed E-state index contributed by atoms with van der Waals surface area (Å²) in [7, 11) is 0. The van der Waals surface area contributed by atoms with Crippen molar-refractivity contribution in [1.29, 1.82) is 0 Å². The fraction of sp³-hybridized carbons (Fsp3) is 0.182. The standard InChI is InChI=1S/C22H21NO5/c1-3-26-18-12-8-7-11-17(18)23-21(24)20(16-9-5-4-6-10-16)28-22(25)19-14-13-15(2)27-19/h4-14,20H,3H2,1-2H3,(H,23,24)/t20-/m1/s1. The van der Waals surface area contributed by atoms with Gasteiger partial charge in [0.1, 0.15) is 11.5 Å². The van der Waals surface area contributed by atoms with Gasteiger partial charge in [0.25, 0.3) is 5.91 Å². The quantitative estimate of drug-likeness (QED) is 0.611. The third-order valence-electron chi connectivity index (χ3n) is 3.95. The van der Waals surface area contributed by atoms with Gasteiger partial charge in [-0.1, -0.05) is 42.5 Å². The molecule has 0 aliphatic carbocycles. The van der Waals surface area contributed by atoms with E-state index in [1.54, 1.807) is 55.5 Å². The first-order chi connectivity index (χ1) is 13.6. The number of rotatable bonds is 7. The van der Waals surface area contributed by atoms with E-state index in [0.29, 0.717) is 29.4 Å². The lowest BCUT2D eigenvalue weighted by Gasteiger charge is -2.18. The summed E-state index contributed by atoms with van der Waals surface area (Å²) in [6.07, 6.45) is -1.14. The molecule has 1 heterocycles. The van der Waals surface area contributed by atoms with Crippen LogP contribution >= 0.6 is 0 Å². The van der Waals surface area contributed by atoms with E-state index in [2.05, 4.69) is 5.32 Å². The summed E-state index contributed by atoms with van der Waals surface area (Å²) < 4.78 is 16.3. The van der Waals surface area contributed by atoms with Crippen molar-refractivity contribution >= 4 is 17.6 Å². The number of hydrogen-bond donors (Lipinski definition) is 1. The molecule has 28 heavy (non-hydrogen) atoms. The number of esters is 1. The summed E-state index contributed by atoms with van der Waals surface area (Å²) in [6.45, 7) is 4.04. The molecule has 1 aromatic heterocycles. The zero-order valence-electron chi connectivity index (χ0n) is 15.7. The first kappa shape index (κ1) is 19.2. The largest absolute Gasteiger partial charge is 0.492 e. The van der Waals surface area contributed by atoms with Crippen LogP contribution in [0.3, 0.4) is 0 Å². The van der Waals surface area contributed by atoms with E-state index in [9.17, 15) is 9.59 Å². The molecule has 0 saturated heterocycles. The summed E-state index contributed by atoms with van der Waals surface area (Å²) >= 11 is 0. The molecule has 6 heteroatoms. The van der Waals surface area contributed by atoms with Gasteiger partial charge < -0.3 is 19.2 Å². The maximum Gasteiger partial charge on any atom is 0.375 e. The summed E-state index contributed by atoms with van der Waals surface area (Å²) in [5.74, 6) is -0.0393. The van der Waals surface area contributed by atoms with E-state index < -0.39 is 18.0 Å². The summed E-state index contributed by atoms with van der Waals surface area (Å²) in [5.41, 5.74) is 1.05. The smallest absolute Gasteiger partial charge is 0.375 e. The van der Waals surface area contributed by atoms with Crippen LogP contribution in [-0.2, 0) is 9.53 Å². The first-order valence-electron chi connectivity index (χ1n) is 8.93. The predicted octanol–water partition coefficient (Wildman–Crippen LogP) is 4.52. The van der Waals surface area contributed by atoms with Crippen molar-refractivity contribution in [2.24, 2.45) is 0 Å². The maximum absolute atomic E-state index is 13.0. The maximum atomic E-state index is 13.0. The highest BCUT2D eigenvalue weighted by molar-refractivity contribution is 5.98. The number of aryl methyl sites for hydroxylation is 1. The number of hydrogen-bond acceptors (Lipinski definition) is 5.